The number of benzene rings is 4. The number of fused-ring (bicyclic) bond motifs is 6. The number of imidazole rings is 2. The zero-order valence-electron chi connectivity index (χ0n) is 38.2. The Morgan fingerprint density at radius 2 is 1.31 bits per heavy atom. The molecule has 7 heterocycles. The highest BCUT2D eigenvalue weighted by Gasteiger charge is 2.40. The van der Waals surface area contributed by atoms with Crippen molar-refractivity contribution >= 4 is 23.2 Å². The summed E-state index contributed by atoms with van der Waals surface area (Å²) in [6, 6.07) is 25.9. The summed E-state index contributed by atoms with van der Waals surface area (Å²) >= 11 is 0. The van der Waals surface area contributed by atoms with Gasteiger partial charge in [-0.1, -0.05) is 30.3 Å². The fourth-order valence-electron chi connectivity index (χ4n) is 11.1. The number of carbonyl (C=O) groups is 1. The van der Waals surface area contributed by atoms with E-state index in [9.17, 15) is 4.79 Å². The van der Waals surface area contributed by atoms with E-state index in [1.807, 2.05) is 68.8 Å². The standard InChI is InChI=1S/C53H56F2N10O2/c1-53(2,3)67-52(66)59-22-21-58-39-10-14-41(15-11-39)62-25-19-36(20-26-62)51-49-44(55)16-9-37(47(49)46-29-57-33-65(46)51)30-63-31-38(27-60-63)34-7-12-40(13-8-34)61-23-17-35(18-24-61)50-48-42(5-4-6-43(48)54)45-28-56-32-64(45)50/h4-16,27-29,31-33,35-36,50-51,58H,17-26,30H2,1-3H3,(H,59,66). The summed E-state index contributed by atoms with van der Waals surface area (Å²) in [6.07, 6.45) is 14.8. The molecule has 2 atom stereocenters. The van der Waals surface area contributed by atoms with Gasteiger partial charge in [-0.2, -0.15) is 5.10 Å². The number of nitrogens with one attached hydrogen (secondary N) is 2. The van der Waals surface area contributed by atoms with Crippen molar-refractivity contribution < 1.29 is 18.3 Å². The van der Waals surface area contributed by atoms with Crippen LogP contribution in [0.25, 0.3) is 33.6 Å². The maximum Gasteiger partial charge on any atom is 0.407 e. The lowest BCUT2D eigenvalue weighted by Crippen LogP contribution is -2.36. The van der Waals surface area contributed by atoms with Gasteiger partial charge < -0.3 is 34.3 Å². The van der Waals surface area contributed by atoms with Crippen molar-refractivity contribution in [3.8, 4) is 33.6 Å². The first-order valence-corrected chi connectivity index (χ1v) is 23.6. The van der Waals surface area contributed by atoms with Gasteiger partial charge in [0.15, 0.2) is 0 Å². The zero-order chi connectivity index (χ0) is 45.8. The molecule has 344 valence electrons. The molecule has 7 aromatic rings. The molecule has 2 saturated heterocycles. The van der Waals surface area contributed by atoms with Crippen molar-refractivity contribution in [1.29, 1.82) is 0 Å². The van der Waals surface area contributed by atoms with E-state index in [4.69, 9.17) is 9.84 Å². The van der Waals surface area contributed by atoms with Crippen LogP contribution in [0.1, 0.15) is 75.2 Å². The van der Waals surface area contributed by atoms with Gasteiger partial charge in [-0.05, 0) is 118 Å². The number of piperidine rings is 2. The van der Waals surface area contributed by atoms with Gasteiger partial charge in [-0.15, -0.1) is 0 Å². The number of amides is 1. The van der Waals surface area contributed by atoms with Crippen LogP contribution in [-0.2, 0) is 11.3 Å². The van der Waals surface area contributed by atoms with Crippen LogP contribution in [0.15, 0.2) is 116 Å². The number of carbonyl (C=O) groups excluding carboxylic acids is 1. The van der Waals surface area contributed by atoms with Crippen LogP contribution in [-0.4, -0.2) is 79.8 Å². The van der Waals surface area contributed by atoms with Crippen molar-refractivity contribution in [1.82, 2.24) is 34.2 Å². The maximum atomic E-state index is 16.1. The number of rotatable bonds is 11. The van der Waals surface area contributed by atoms with Gasteiger partial charge >= 0.3 is 6.09 Å². The molecular formula is C53H56F2N10O2. The summed E-state index contributed by atoms with van der Waals surface area (Å²) < 4.78 is 42.9. The largest absolute Gasteiger partial charge is 0.444 e. The molecule has 4 aliphatic rings. The summed E-state index contributed by atoms with van der Waals surface area (Å²) in [6.45, 7) is 10.6. The van der Waals surface area contributed by atoms with Crippen molar-refractivity contribution in [2.45, 2.75) is 70.7 Å². The SMILES string of the molecule is CC(C)(C)OC(=O)NCCNc1ccc(N2CCC(C3c4c(F)ccc(Cn5cc(-c6ccc(N7CCC(C8c9c(F)cccc9-c9cncn98)CC7)cc6)cn5)c4-c4cncn43)CC2)cc1. The van der Waals surface area contributed by atoms with E-state index in [0.717, 1.165) is 114 Å². The zero-order valence-corrected chi connectivity index (χ0v) is 38.2. The van der Waals surface area contributed by atoms with Gasteiger partial charge in [0.05, 0.1) is 61.3 Å². The molecule has 0 spiro atoms. The van der Waals surface area contributed by atoms with Crippen LogP contribution in [0.4, 0.5) is 30.6 Å². The van der Waals surface area contributed by atoms with E-state index >= 15 is 8.78 Å². The minimum atomic E-state index is -0.527. The smallest absolute Gasteiger partial charge is 0.407 e. The lowest BCUT2D eigenvalue weighted by atomic mass is 9.84. The lowest BCUT2D eigenvalue weighted by Gasteiger charge is -2.37. The predicted molar refractivity (Wildman–Crippen MR) is 257 cm³/mol. The second-order valence-corrected chi connectivity index (χ2v) is 19.5. The average molecular weight is 903 g/mol. The van der Waals surface area contributed by atoms with E-state index in [2.05, 4.69) is 94.3 Å². The third-order valence-electron chi connectivity index (χ3n) is 14.2. The maximum absolute atomic E-state index is 16.1. The summed E-state index contributed by atoms with van der Waals surface area (Å²) in [5.41, 5.74) is 11.4. The van der Waals surface area contributed by atoms with Crippen LogP contribution in [0.3, 0.4) is 0 Å². The highest BCUT2D eigenvalue weighted by atomic mass is 19.1. The molecule has 0 aliphatic carbocycles. The van der Waals surface area contributed by atoms with Crippen LogP contribution < -0.4 is 20.4 Å². The molecule has 12 nitrogen and oxygen atoms in total. The van der Waals surface area contributed by atoms with Gasteiger partial charge in [0, 0.05) is 90.3 Å². The number of ether oxygens (including phenoxy) is 1. The number of hydrogen-bond donors (Lipinski definition) is 2. The topological polar surface area (TPSA) is 110 Å². The number of alkyl carbamates (subject to hydrolysis) is 1. The minimum Gasteiger partial charge on any atom is -0.444 e. The Bertz CT molecular complexity index is 2900. The Labute approximate surface area is 389 Å². The molecule has 2 fully saturated rings. The van der Waals surface area contributed by atoms with E-state index < -0.39 is 11.7 Å². The van der Waals surface area contributed by atoms with Crippen LogP contribution in [0, 0.1) is 23.5 Å². The minimum absolute atomic E-state index is 0.0199. The lowest BCUT2D eigenvalue weighted by molar-refractivity contribution is 0.0530. The normalized spacial score (nSPS) is 18.1. The molecule has 0 bridgehead atoms. The van der Waals surface area contributed by atoms with Crippen LogP contribution in [0.5, 0.6) is 0 Å². The monoisotopic (exact) mass is 902 g/mol. The fourth-order valence-corrected chi connectivity index (χ4v) is 11.1. The van der Waals surface area contributed by atoms with Crippen molar-refractivity contribution in [2.75, 3.05) is 54.4 Å². The summed E-state index contributed by atoms with van der Waals surface area (Å²) in [4.78, 5) is 25.8. The number of anilines is 3. The number of hydrogen-bond acceptors (Lipinski definition) is 8. The van der Waals surface area contributed by atoms with Crippen LogP contribution in [0.2, 0.25) is 0 Å². The Balaban J connectivity index is 0.713. The molecule has 2 N–H and O–H groups in total. The van der Waals surface area contributed by atoms with Crippen molar-refractivity contribution in [3.63, 3.8) is 0 Å². The molecule has 0 radical (unpaired) electrons. The molecule has 2 unspecified atom stereocenters. The van der Waals surface area contributed by atoms with Gasteiger partial charge in [0.25, 0.3) is 0 Å². The first-order chi connectivity index (χ1) is 32.6. The van der Waals surface area contributed by atoms with Gasteiger partial charge in [0.1, 0.15) is 17.2 Å². The molecule has 4 aromatic carbocycles. The fraction of sp³-hybridized carbons (Fsp3) is 0.358. The second kappa shape index (κ2) is 17.4. The average Bonchev–Trinajstić information content (AvgIpc) is 4.18. The van der Waals surface area contributed by atoms with E-state index in [1.54, 1.807) is 18.2 Å². The molecule has 4 aliphatic heterocycles. The molecule has 3 aromatic heterocycles. The second-order valence-electron chi connectivity index (χ2n) is 19.5. The highest BCUT2D eigenvalue weighted by Crippen LogP contribution is 2.50. The first-order valence-electron chi connectivity index (χ1n) is 23.6. The van der Waals surface area contributed by atoms with Crippen molar-refractivity contribution in [3.05, 3.63) is 145 Å². The number of halogens is 2. The summed E-state index contributed by atoms with van der Waals surface area (Å²) in [7, 11) is 0. The third kappa shape index (κ3) is 8.20. The summed E-state index contributed by atoms with van der Waals surface area (Å²) in [5, 5.41) is 10.9. The van der Waals surface area contributed by atoms with E-state index in [1.165, 1.54) is 5.69 Å². The van der Waals surface area contributed by atoms with Crippen LogP contribution >= 0.6 is 0 Å². The van der Waals surface area contributed by atoms with Crippen molar-refractivity contribution in [2.24, 2.45) is 11.8 Å². The summed E-state index contributed by atoms with van der Waals surface area (Å²) in [5.74, 6) is 0.278. The Morgan fingerprint density at radius 3 is 1.99 bits per heavy atom. The van der Waals surface area contributed by atoms with Gasteiger partial charge in [-0.25, -0.2) is 23.5 Å². The van der Waals surface area contributed by atoms with E-state index in [0.29, 0.717) is 25.6 Å². The molecule has 67 heavy (non-hydrogen) atoms. The predicted octanol–water partition coefficient (Wildman–Crippen LogP) is 10.2. The van der Waals surface area contributed by atoms with Gasteiger partial charge in [0.2, 0.25) is 0 Å². The molecule has 11 rings (SSSR count). The molecule has 1 amide bonds. The quantitative estimate of drug-likeness (QED) is 0.124. The number of aromatic nitrogens is 6. The third-order valence-corrected chi connectivity index (χ3v) is 14.2. The molecule has 0 saturated carbocycles. The Hall–Kier alpha value is -6.96. The Kier molecular flexibility index (Phi) is 11.1. The van der Waals surface area contributed by atoms with Gasteiger partial charge in [-0.3, -0.25) is 4.68 Å². The number of nitrogens with zero attached hydrogens (tertiary/aromatic N) is 8. The van der Waals surface area contributed by atoms with E-state index in [-0.39, 0.29) is 29.6 Å². The Morgan fingerprint density at radius 1 is 0.701 bits per heavy atom. The first kappa shape index (κ1) is 42.7. The molecule has 14 heteroatoms. The highest BCUT2D eigenvalue weighted by molar-refractivity contribution is 5.74. The molecular weight excluding hydrogens is 847 g/mol.